The third-order valence-electron chi connectivity index (χ3n) is 2.98. The maximum Gasteiger partial charge on any atom is 0.153 e. The third-order valence-corrected chi connectivity index (χ3v) is 3.85. The molecule has 2 aromatic rings. The number of benzene rings is 1. The van der Waals surface area contributed by atoms with Gasteiger partial charge >= 0.3 is 0 Å². The molecule has 1 aromatic heterocycles. The molecule has 1 atom stereocenters. The van der Waals surface area contributed by atoms with Crippen molar-refractivity contribution >= 4 is 27.5 Å². The molecule has 1 aromatic carbocycles. The summed E-state index contributed by atoms with van der Waals surface area (Å²) >= 11 is 9.13. The van der Waals surface area contributed by atoms with Crippen molar-refractivity contribution in [1.29, 1.82) is 0 Å². The van der Waals surface area contributed by atoms with Crippen LogP contribution < -0.4 is 5.32 Å². The summed E-state index contributed by atoms with van der Waals surface area (Å²) in [5, 5.41) is 11.4. The van der Waals surface area contributed by atoms with Gasteiger partial charge in [0.2, 0.25) is 0 Å². The molecule has 2 rings (SSSR count). The Bertz CT molecular complexity index is 583. The average molecular weight is 362 g/mol. The molecule has 20 heavy (non-hydrogen) atoms. The summed E-state index contributed by atoms with van der Waals surface area (Å²) in [5.74, 6) is -0.432. The number of hydrogen-bond donors (Lipinski definition) is 1. The fourth-order valence-electron chi connectivity index (χ4n) is 2.00. The van der Waals surface area contributed by atoms with Gasteiger partial charge in [-0.05, 0) is 46.6 Å². The third kappa shape index (κ3) is 3.19. The van der Waals surface area contributed by atoms with E-state index >= 15 is 0 Å². The van der Waals surface area contributed by atoms with Crippen molar-refractivity contribution in [2.75, 3.05) is 6.54 Å². The molecule has 4 nitrogen and oxygen atoms in total. The molecule has 0 saturated heterocycles. The first-order valence-corrected chi connectivity index (χ1v) is 7.45. The number of hydrogen-bond acceptors (Lipinski definition) is 3. The fraction of sp³-hybridized carbons (Fsp3) is 0.385. The number of halogens is 3. The van der Waals surface area contributed by atoms with Gasteiger partial charge in [-0.1, -0.05) is 29.8 Å². The van der Waals surface area contributed by atoms with Crippen LogP contribution in [0.3, 0.4) is 0 Å². The van der Waals surface area contributed by atoms with E-state index in [1.54, 1.807) is 23.9 Å². The predicted octanol–water partition coefficient (Wildman–Crippen LogP) is 3.46. The highest BCUT2D eigenvalue weighted by molar-refractivity contribution is 9.10. The van der Waals surface area contributed by atoms with E-state index in [1.807, 2.05) is 0 Å². The van der Waals surface area contributed by atoms with Crippen LogP contribution in [0.15, 0.2) is 22.8 Å². The van der Waals surface area contributed by atoms with Crippen molar-refractivity contribution in [1.82, 2.24) is 20.3 Å². The van der Waals surface area contributed by atoms with Gasteiger partial charge in [0.1, 0.15) is 5.82 Å². The minimum absolute atomic E-state index is 0.116. The Labute approximate surface area is 130 Å². The number of rotatable bonds is 5. The number of aryl methyl sites for hydroxylation is 1. The van der Waals surface area contributed by atoms with Gasteiger partial charge in [-0.15, -0.1) is 5.10 Å². The first kappa shape index (κ1) is 15.4. The van der Waals surface area contributed by atoms with Gasteiger partial charge in [-0.25, -0.2) is 9.07 Å². The van der Waals surface area contributed by atoms with Crippen molar-refractivity contribution in [2.24, 2.45) is 7.05 Å². The summed E-state index contributed by atoms with van der Waals surface area (Å²) in [6.45, 7) is 2.87. The van der Waals surface area contributed by atoms with Crippen LogP contribution in [0.4, 0.5) is 4.39 Å². The Morgan fingerprint density at radius 2 is 2.25 bits per heavy atom. The monoisotopic (exact) mass is 360 g/mol. The van der Waals surface area contributed by atoms with E-state index < -0.39 is 5.82 Å². The van der Waals surface area contributed by atoms with E-state index in [0.29, 0.717) is 4.60 Å². The van der Waals surface area contributed by atoms with Crippen LogP contribution in [-0.4, -0.2) is 21.5 Å². The van der Waals surface area contributed by atoms with Crippen LogP contribution in [0.1, 0.15) is 30.6 Å². The van der Waals surface area contributed by atoms with Crippen LogP contribution in [0.25, 0.3) is 0 Å². The normalized spacial score (nSPS) is 12.7. The van der Waals surface area contributed by atoms with Crippen LogP contribution in [-0.2, 0) is 7.05 Å². The Hall–Kier alpha value is -0.980. The molecular weight excluding hydrogens is 347 g/mol. The van der Waals surface area contributed by atoms with Crippen molar-refractivity contribution in [3.05, 3.63) is 44.9 Å². The zero-order valence-electron chi connectivity index (χ0n) is 11.2. The minimum Gasteiger partial charge on any atom is -0.305 e. The Balaban J connectivity index is 2.44. The molecule has 0 radical (unpaired) electrons. The second-order valence-corrected chi connectivity index (χ2v) is 5.61. The lowest BCUT2D eigenvalue weighted by Crippen LogP contribution is -2.25. The maximum atomic E-state index is 13.7. The Kier molecular flexibility index (Phi) is 5.12. The molecule has 0 amide bonds. The second-order valence-electron chi connectivity index (χ2n) is 4.45. The summed E-state index contributed by atoms with van der Waals surface area (Å²) in [5.41, 5.74) is 1.63. The van der Waals surface area contributed by atoms with Gasteiger partial charge < -0.3 is 5.32 Å². The predicted molar refractivity (Wildman–Crippen MR) is 80.2 cm³/mol. The molecule has 0 saturated carbocycles. The Morgan fingerprint density at radius 3 is 2.80 bits per heavy atom. The van der Waals surface area contributed by atoms with Gasteiger partial charge in [0.15, 0.2) is 4.60 Å². The highest BCUT2D eigenvalue weighted by atomic mass is 79.9. The smallest absolute Gasteiger partial charge is 0.153 e. The molecule has 0 aliphatic rings. The quantitative estimate of drug-likeness (QED) is 0.887. The molecule has 0 bridgehead atoms. The van der Waals surface area contributed by atoms with Crippen LogP contribution in [0.5, 0.6) is 0 Å². The number of aromatic nitrogens is 3. The van der Waals surface area contributed by atoms with Gasteiger partial charge in [-0.3, -0.25) is 0 Å². The summed E-state index contributed by atoms with van der Waals surface area (Å²) in [7, 11) is 1.81. The van der Waals surface area contributed by atoms with Crippen LogP contribution >= 0.6 is 27.5 Å². The molecule has 108 valence electrons. The number of nitrogens with one attached hydrogen (secondary N) is 1. The largest absolute Gasteiger partial charge is 0.305 e. The van der Waals surface area contributed by atoms with Crippen molar-refractivity contribution in [3.63, 3.8) is 0 Å². The first-order chi connectivity index (χ1) is 9.54. The van der Waals surface area contributed by atoms with E-state index in [0.717, 1.165) is 24.2 Å². The SMILES string of the molecule is CCCNC(c1ccc(Cl)c(F)c1)c1c(Br)nnn1C. The topological polar surface area (TPSA) is 42.7 Å². The van der Waals surface area contributed by atoms with Gasteiger partial charge in [0, 0.05) is 7.05 Å². The zero-order valence-corrected chi connectivity index (χ0v) is 13.5. The van der Waals surface area contributed by atoms with E-state index in [9.17, 15) is 4.39 Å². The van der Waals surface area contributed by atoms with Gasteiger partial charge in [0.25, 0.3) is 0 Å². The van der Waals surface area contributed by atoms with E-state index in [2.05, 4.69) is 38.5 Å². The number of nitrogens with zero attached hydrogens (tertiary/aromatic N) is 3. The lowest BCUT2D eigenvalue weighted by atomic mass is 10.0. The average Bonchev–Trinajstić information content (AvgIpc) is 2.75. The summed E-state index contributed by atoms with van der Waals surface area (Å²) in [6.07, 6.45) is 0.968. The van der Waals surface area contributed by atoms with E-state index in [1.165, 1.54) is 6.07 Å². The van der Waals surface area contributed by atoms with Gasteiger partial charge in [0.05, 0.1) is 16.8 Å². The second kappa shape index (κ2) is 6.65. The highest BCUT2D eigenvalue weighted by Crippen LogP contribution is 2.28. The van der Waals surface area contributed by atoms with Crippen LogP contribution in [0, 0.1) is 5.82 Å². The van der Waals surface area contributed by atoms with Crippen molar-refractivity contribution in [2.45, 2.75) is 19.4 Å². The molecular formula is C13H15BrClFN4. The lowest BCUT2D eigenvalue weighted by molar-refractivity contribution is 0.544. The van der Waals surface area contributed by atoms with Crippen molar-refractivity contribution in [3.8, 4) is 0 Å². The summed E-state index contributed by atoms with van der Waals surface area (Å²) in [4.78, 5) is 0. The van der Waals surface area contributed by atoms with Gasteiger partial charge in [-0.2, -0.15) is 0 Å². The zero-order chi connectivity index (χ0) is 14.7. The van der Waals surface area contributed by atoms with E-state index in [-0.39, 0.29) is 11.1 Å². The Morgan fingerprint density at radius 1 is 1.50 bits per heavy atom. The standard InChI is InChI=1S/C13H15BrClFN4/c1-3-6-17-11(12-13(14)18-19-20(12)2)8-4-5-9(15)10(16)7-8/h4-5,7,11,17H,3,6H2,1-2H3. The first-order valence-electron chi connectivity index (χ1n) is 6.28. The minimum atomic E-state index is -0.432. The molecule has 7 heteroatoms. The van der Waals surface area contributed by atoms with Crippen LogP contribution in [0.2, 0.25) is 5.02 Å². The maximum absolute atomic E-state index is 13.7. The van der Waals surface area contributed by atoms with Crippen molar-refractivity contribution < 1.29 is 4.39 Å². The molecule has 1 N–H and O–H groups in total. The van der Waals surface area contributed by atoms with E-state index in [4.69, 9.17) is 11.6 Å². The summed E-state index contributed by atoms with van der Waals surface area (Å²) < 4.78 is 16.0. The molecule has 0 fully saturated rings. The molecule has 1 heterocycles. The molecule has 0 aliphatic carbocycles. The molecule has 0 aliphatic heterocycles. The summed E-state index contributed by atoms with van der Waals surface area (Å²) in [6, 6.07) is 4.61. The highest BCUT2D eigenvalue weighted by Gasteiger charge is 2.22. The lowest BCUT2D eigenvalue weighted by Gasteiger charge is -2.19. The molecule has 0 spiro atoms. The molecule has 1 unspecified atom stereocenters. The fourth-order valence-corrected chi connectivity index (χ4v) is 2.67.